The lowest BCUT2D eigenvalue weighted by molar-refractivity contribution is 0.0526. The Morgan fingerprint density at radius 3 is 2.24 bits per heavy atom. The monoisotopic (exact) mass is 532 g/mol. The minimum absolute atomic E-state index is 0.00106. The molecule has 0 aliphatic rings. The fourth-order valence-corrected chi connectivity index (χ4v) is 5.56. The largest absolute Gasteiger partial charge is 0.462 e. The zero-order chi connectivity index (χ0) is 27.3. The van der Waals surface area contributed by atoms with Crippen molar-refractivity contribution in [2.45, 2.75) is 51.3 Å². The van der Waals surface area contributed by atoms with E-state index in [1.165, 1.54) is 22.9 Å². The zero-order valence-corrected chi connectivity index (χ0v) is 22.7. The van der Waals surface area contributed by atoms with Gasteiger partial charge in [0.25, 0.3) is 10.0 Å². The summed E-state index contributed by atoms with van der Waals surface area (Å²) in [5.74, 6) is -0.596. The molecule has 0 spiro atoms. The Kier molecular flexibility index (Phi) is 8.32. The molecule has 4 aromatic rings. The van der Waals surface area contributed by atoms with Crippen molar-refractivity contribution in [1.82, 2.24) is 8.54 Å². The van der Waals surface area contributed by atoms with Gasteiger partial charge in [-0.3, -0.25) is 4.57 Å². The van der Waals surface area contributed by atoms with Gasteiger partial charge in [-0.25, -0.2) is 18.0 Å². The van der Waals surface area contributed by atoms with Crippen molar-refractivity contribution < 1.29 is 17.9 Å². The number of hydrogen-bond acceptors (Lipinski definition) is 5. The van der Waals surface area contributed by atoms with E-state index in [9.17, 15) is 18.0 Å². The van der Waals surface area contributed by atoms with Crippen molar-refractivity contribution in [3.05, 3.63) is 106 Å². The maximum atomic E-state index is 13.8. The van der Waals surface area contributed by atoms with E-state index in [0.29, 0.717) is 11.3 Å². The van der Waals surface area contributed by atoms with Crippen LogP contribution in [0.3, 0.4) is 0 Å². The van der Waals surface area contributed by atoms with Gasteiger partial charge in [-0.05, 0) is 56.5 Å². The minimum Gasteiger partial charge on any atom is -0.462 e. The van der Waals surface area contributed by atoms with Crippen molar-refractivity contribution in [2.75, 3.05) is 6.61 Å². The lowest BCUT2D eigenvalue weighted by Gasteiger charge is -2.12. The molecule has 1 heterocycles. The van der Waals surface area contributed by atoms with Crippen LogP contribution in [0.5, 0.6) is 0 Å². The third kappa shape index (κ3) is 5.50. The molecule has 3 aromatic carbocycles. The Morgan fingerprint density at radius 2 is 1.58 bits per heavy atom. The number of aryl methyl sites for hydroxylation is 2. The zero-order valence-electron chi connectivity index (χ0n) is 21.9. The second-order valence-corrected chi connectivity index (χ2v) is 11.0. The first kappa shape index (κ1) is 27.1. The smallest absolute Gasteiger partial charge is 0.347 e. The summed E-state index contributed by atoms with van der Waals surface area (Å²) >= 11 is 0. The Bertz CT molecular complexity index is 1580. The number of carbonyl (C=O) groups is 1. The van der Waals surface area contributed by atoms with Gasteiger partial charge >= 0.3 is 11.7 Å². The van der Waals surface area contributed by atoms with Crippen molar-refractivity contribution in [2.24, 2.45) is 0 Å². The molecule has 8 heteroatoms. The summed E-state index contributed by atoms with van der Waals surface area (Å²) in [4.78, 5) is 26.6. The minimum atomic E-state index is -4.20. The van der Waals surface area contributed by atoms with E-state index >= 15 is 0 Å². The van der Waals surface area contributed by atoms with Gasteiger partial charge in [0.1, 0.15) is 0 Å². The lowest BCUT2D eigenvalue weighted by atomic mass is 10.0. The topological polar surface area (TPSA) is 87.4 Å². The molecule has 0 fully saturated rings. The van der Waals surface area contributed by atoms with Crippen LogP contribution in [0.25, 0.3) is 16.9 Å². The first-order chi connectivity index (χ1) is 18.3. The number of esters is 1. The Hall–Kier alpha value is -3.91. The van der Waals surface area contributed by atoms with Crippen LogP contribution in [0, 0.1) is 6.92 Å². The fraction of sp³-hybridized carbons (Fsp3) is 0.267. The molecule has 1 aromatic heterocycles. The highest BCUT2D eigenvalue weighted by atomic mass is 32.2. The standard InChI is InChI=1S/C30H32N2O5S/c1-4-6-7-10-23-15-17-24(18-16-23)28-21-31(38(35,36)25-19-13-22(3)14-20-25)30(34)32(28)27-12-9-8-11-26(27)29(33)37-5-2/h8-9,11-21H,4-7,10H2,1-3H3. The number of unbranched alkanes of at least 4 members (excludes halogenated alkanes) is 2. The summed E-state index contributed by atoms with van der Waals surface area (Å²) in [5.41, 5.74) is 2.67. The van der Waals surface area contributed by atoms with Gasteiger partial charge in [0.15, 0.2) is 0 Å². The van der Waals surface area contributed by atoms with Gasteiger partial charge in [-0.2, -0.15) is 3.97 Å². The first-order valence-electron chi connectivity index (χ1n) is 12.8. The summed E-state index contributed by atoms with van der Waals surface area (Å²) in [7, 11) is -4.20. The quantitative estimate of drug-likeness (QED) is 0.191. The molecule has 0 bridgehead atoms. The third-order valence-electron chi connectivity index (χ3n) is 6.40. The lowest BCUT2D eigenvalue weighted by Crippen LogP contribution is -2.29. The first-order valence-corrected chi connectivity index (χ1v) is 14.2. The normalized spacial score (nSPS) is 11.4. The highest BCUT2D eigenvalue weighted by Crippen LogP contribution is 2.27. The highest BCUT2D eigenvalue weighted by molar-refractivity contribution is 7.90. The van der Waals surface area contributed by atoms with Crippen LogP contribution in [0.4, 0.5) is 0 Å². The van der Waals surface area contributed by atoms with Crippen molar-refractivity contribution in [3.63, 3.8) is 0 Å². The van der Waals surface area contributed by atoms with E-state index < -0.39 is 21.7 Å². The number of benzene rings is 3. The number of nitrogens with zero attached hydrogens (tertiary/aromatic N) is 2. The van der Waals surface area contributed by atoms with E-state index in [1.807, 2.05) is 31.2 Å². The number of carbonyl (C=O) groups excluding carboxylic acids is 1. The van der Waals surface area contributed by atoms with E-state index in [2.05, 4.69) is 6.92 Å². The SMILES string of the molecule is CCCCCc1ccc(-c2cn(S(=O)(=O)c3ccc(C)cc3)c(=O)n2-c2ccccc2C(=O)OCC)cc1. The number of para-hydroxylation sites is 1. The molecule has 198 valence electrons. The Balaban J connectivity index is 1.92. The molecule has 0 unspecified atom stereocenters. The van der Waals surface area contributed by atoms with Gasteiger partial charge < -0.3 is 4.74 Å². The van der Waals surface area contributed by atoms with E-state index in [1.54, 1.807) is 43.3 Å². The number of aromatic nitrogens is 2. The van der Waals surface area contributed by atoms with Crippen molar-refractivity contribution in [1.29, 1.82) is 0 Å². The molecule has 0 amide bonds. The number of rotatable bonds is 10. The van der Waals surface area contributed by atoms with Gasteiger partial charge in [-0.1, -0.05) is 73.9 Å². The van der Waals surface area contributed by atoms with Gasteiger partial charge in [0, 0.05) is 5.56 Å². The molecule has 0 aliphatic heterocycles. The highest BCUT2D eigenvalue weighted by Gasteiger charge is 2.26. The third-order valence-corrected chi connectivity index (χ3v) is 8.04. The summed E-state index contributed by atoms with van der Waals surface area (Å²) in [5, 5.41) is 0. The molecule has 0 radical (unpaired) electrons. The van der Waals surface area contributed by atoms with Crippen LogP contribution in [-0.2, 0) is 21.2 Å². The summed E-state index contributed by atoms with van der Waals surface area (Å²) in [6, 6.07) is 20.6. The Labute approximate surface area is 223 Å². The van der Waals surface area contributed by atoms with E-state index in [4.69, 9.17) is 4.74 Å². The van der Waals surface area contributed by atoms with Crippen LogP contribution >= 0.6 is 0 Å². The van der Waals surface area contributed by atoms with Gasteiger partial charge in [0.05, 0.1) is 34.6 Å². The second-order valence-electron chi connectivity index (χ2n) is 9.14. The average Bonchev–Trinajstić information content (AvgIpc) is 3.27. The summed E-state index contributed by atoms with van der Waals surface area (Å²) in [6.45, 7) is 5.88. The average molecular weight is 533 g/mol. The van der Waals surface area contributed by atoms with Gasteiger partial charge in [0.2, 0.25) is 0 Å². The molecule has 0 atom stereocenters. The molecule has 0 saturated carbocycles. The fourth-order valence-electron chi connectivity index (χ4n) is 4.33. The maximum Gasteiger partial charge on any atom is 0.347 e. The van der Waals surface area contributed by atoms with Gasteiger partial charge in [-0.15, -0.1) is 0 Å². The maximum absolute atomic E-state index is 13.8. The Morgan fingerprint density at radius 1 is 0.895 bits per heavy atom. The van der Waals surface area contributed by atoms with Crippen LogP contribution in [-0.4, -0.2) is 29.5 Å². The molecule has 0 aliphatic carbocycles. The van der Waals surface area contributed by atoms with E-state index in [0.717, 1.165) is 40.8 Å². The van der Waals surface area contributed by atoms with Crippen molar-refractivity contribution >= 4 is 16.0 Å². The molecule has 38 heavy (non-hydrogen) atoms. The molecule has 7 nitrogen and oxygen atoms in total. The number of hydrogen-bond donors (Lipinski definition) is 0. The van der Waals surface area contributed by atoms with Crippen LogP contribution < -0.4 is 5.69 Å². The molecule has 4 rings (SSSR count). The van der Waals surface area contributed by atoms with Crippen molar-refractivity contribution in [3.8, 4) is 16.9 Å². The molecular formula is C30H32N2O5S. The predicted molar refractivity (Wildman–Crippen MR) is 148 cm³/mol. The summed E-state index contributed by atoms with van der Waals surface area (Å²) < 4.78 is 34.4. The number of ether oxygens (including phenoxy) is 1. The molecule has 0 N–H and O–H groups in total. The number of imidazole rings is 1. The molecule has 0 saturated heterocycles. The van der Waals surface area contributed by atoms with E-state index in [-0.39, 0.29) is 22.8 Å². The van der Waals surface area contributed by atoms with Crippen LogP contribution in [0.15, 0.2) is 88.7 Å². The molecular weight excluding hydrogens is 500 g/mol. The summed E-state index contributed by atoms with van der Waals surface area (Å²) in [6.07, 6.45) is 5.62. The van der Waals surface area contributed by atoms with Crippen LogP contribution in [0.2, 0.25) is 0 Å². The second kappa shape index (κ2) is 11.6. The van der Waals surface area contributed by atoms with Crippen LogP contribution in [0.1, 0.15) is 54.6 Å². The predicted octanol–water partition coefficient (Wildman–Crippen LogP) is 5.76.